The molecule has 4 aliphatic carbocycles. The van der Waals surface area contributed by atoms with Crippen LogP contribution in [0.3, 0.4) is 0 Å². The molecule has 8 nitrogen and oxygen atoms in total. The number of phenols is 1. The van der Waals surface area contributed by atoms with Crippen LogP contribution < -0.4 is 15.2 Å². The van der Waals surface area contributed by atoms with Gasteiger partial charge in [-0.05, 0) is 115 Å². The lowest BCUT2D eigenvalue weighted by molar-refractivity contribution is -0.215. The van der Waals surface area contributed by atoms with E-state index in [1.807, 2.05) is 60.9 Å². The normalized spacial score (nSPS) is 26.5. The van der Waals surface area contributed by atoms with Gasteiger partial charge in [-0.15, -0.1) is 11.6 Å². The third kappa shape index (κ3) is 5.60. The molecule has 2 aliphatic heterocycles. The molecule has 10 rings (SSSR count). The molecule has 3 N–H and O–H groups in total. The molecule has 0 radical (unpaired) electrons. The second kappa shape index (κ2) is 12.7. The van der Waals surface area contributed by atoms with Crippen LogP contribution in [0.15, 0.2) is 71.9 Å². The number of halogens is 1. The highest BCUT2D eigenvalue weighted by Crippen LogP contribution is 2.74. The molecule has 4 aromatic carbocycles. The Morgan fingerprint density at radius 3 is 2.62 bits per heavy atom. The number of nitrogens with zero attached hydrogens (tertiary/aromatic N) is 2. The number of ketones is 1. The van der Waals surface area contributed by atoms with E-state index in [2.05, 4.69) is 13.0 Å². The molecule has 272 valence electrons. The number of fused-ring (bicyclic) bond motifs is 5. The number of methoxy groups -OCH3 is 1. The highest BCUT2D eigenvalue weighted by Gasteiger charge is 2.71. The number of Topliss-reactive ketones (excluding diaryl/α,β-unsaturated/α-hetero) is 1. The summed E-state index contributed by atoms with van der Waals surface area (Å²) >= 11 is 6.57. The zero-order valence-electron chi connectivity index (χ0n) is 30.2. The third-order valence-corrected chi connectivity index (χ3v) is 13.1. The topological polar surface area (TPSA) is 114 Å². The van der Waals surface area contributed by atoms with E-state index in [9.17, 15) is 14.7 Å². The van der Waals surface area contributed by atoms with Crippen LogP contribution in [0, 0.1) is 23.7 Å². The Kier molecular flexibility index (Phi) is 8.11. The van der Waals surface area contributed by atoms with Crippen molar-refractivity contribution in [3.05, 3.63) is 94.7 Å². The number of amides is 1. The average molecular weight is 730 g/mol. The van der Waals surface area contributed by atoms with Gasteiger partial charge in [0.2, 0.25) is 0 Å². The lowest BCUT2D eigenvalue weighted by Crippen LogP contribution is -2.67. The monoisotopic (exact) mass is 729 g/mol. The molecule has 2 heterocycles. The van der Waals surface area contributed by atoms with Gasteiger partial charge >= 0.3 is 0 Å². The maximum absolute atomic E-state index is 13.8. The predicted octanol–water partition coefficient (Wildman–Crippen LogP) is 8.90. The summed E-state index contributed by atoms with van der Waals surface area (Å²) < 4.78 is 12.1. The van der Waals surface area contributed by atoms with Gasteiger partial charge in [-0.25, -0.2) is 0 Å². The Labute approximate surface area is 314 Å². The number of carbonyl (C=O) groups is 2. The first-order valence-corrected chi connectivity index (χ1v) is 19.2. The van der Waals surface area contributed by atoms with E-state index in [0.29, 0.717) is 71.2 Å². The minimum Gasteiger partial charge on any atom is -0.507 e. The van der Waals surface area contributed by atoms with Gasteiger partial charge in [0.25, 0.3) is 5.91 Å². The van der Waals surface area contributed by atoms with Crippen LogP contribution in [0.4, 0.5) is 11.4 Å². The van der Waals surface area contributed by atoms with E-state index in [4.69, 9.17) is 31.8 Å². The van der Waals surface area contributed by atoms with Crippen molar-refractivity contribution in [1.29, 1.82) is 0 Å². The van der Waals surface area contributed by atoms with Gasteiger partial charge in [0.05, 0.1) is 31.0 Å². The Hall–Kier alpha value is -4.82. The van der Waals surface area contributed by atoms with Gasteiger partial charge in [0.1, 0.15) is 11.5 Å². The predicted molar refractivity (Wildman–Crippen MR) is 209 cm³/mol. The van der Waals surface area contributed by atoms with Crippen molar-refractivity contribution >= 4 is 57.2 Å². The molecule has 6 aliphatic rings. The minimum absolute atomic E-state index is 0.0114. The number of nitrogens with two attached hydrogens (primary N) is 1. The summed E-state index contributed by atoms with van der Waals surface area (Å²) in [5.41, 5.74) is 13.1. The summed E-state index contributed by atoms with van der Waals surface area (Å²) in [7, 11) is 1.58. The number of rotatable bonds is 10. The summed E-state index contributed by atoms with van der Waals surface area (Å²) in [6.07, 6.45) is 10.2. The van der Waals surface area contributed by atoms with Crippen LogP contribution in [0.1, 0.15) is 83.5 Å². The molecule has 9 heteroatoms. The summed E-state index contributed by atoms with van der Waals surface area (Å²) in [5, 5.41) is 12.9. The lowest BCUT2D eigenvalue weighted by Gasteiger charge is -2.69. The number of aliphatic imine (C=N–C) groups is 1. The number of anilines is 1. The van der Waals surface area contributed by atoms with Crippen molar-refractivity contribution in [3.8, 4) is 17.2 Å². The van der Waals surface area contributed by atoms with Crippen molar-refractivity contribution in [1.82, 2.24) is 4.90 Å². The molecule has 3 saturated carbocycles. The van der Waals surface area contributed by atoms with Gasteiger partial charge in [-0.1, -0.05) is 30.3 Å². The Morgan fingerprint density at radius 2 is 1.87 bits per heavy atom. The summed E-state index contributed by atoms with van der Waals surface area (Å²) in [6.45, 7) is 2.59. The van der Waals surface area contributed by atoms with Crippen LogP contribution in [0.2, 0.25) is 0 Å². The van der Waals surface area contributed by atoms with E-state index in [1.54, 1.807) is 18.1 Å². The lowest BCUT2D eigenvalue weighted by atomic mass is 9.34. The molecule has 3 fully saturated rings. The molecule has 53 heavy (non-hydrogen) atoms. The van der Waals surface area contributed by atoms with Crippen LogP contribution in [-0.2, 0) is 11.2 Å². The molecule has 0 spiro atoms. The van der Waals surface area contributed by atoms with Crippen molar-refractivity contribution in [2.75, 3.05) is 25.3 Å². The molecular weight excluding hydrogens is 686 g/mol. The number of hydrogen-bond donors (Lipinski definition) is 2. The highest BCUT2D eigenvalue weighted by molar-refractivity contribution is 6.18. The fourth-order valence-corrected chi connectivity index (χ4v) is 10.5. The van der Waals surface area contributed by atoms with Gasteiger partial charge in [-0.3, -0.25) is 14.6 Å². The Morgan fingerprint density at radius 1 is 1.08 bits per heavy atom. The van der Waals surface area contributed by atoms with E-state index in [-0.39, 0.29) is 28.7 Å². The third-order valence-electron chi connectivity index (χ3n) is 12.7. The molecule has 0 aromatic heterocycles. The Bertz CT molecular complexity index is 2220. The molecule has 3 atom stereocenters. The first-order valence-electron chi connectivity index (χ1n) is 18.7. The number of aromatic hydroxyl groups is 1. The van der Waals surface area contributed by atoms with E-state index >= 15 is 0 Å². The standard InChI is InChI=1S/C44H44ClN3O5/c1-25-4-3-5-33-36(49)15-28-12-26(13-29(18-45)41(28)40(25)33)6-11-39(50)44-21-43(22-44,23-44)24-53-38-17-35-34(16-37(38)52-2)42(51)48-20-30(14-32(48)19-47-35)27-7-9-31(46)10-8-27/h3-5,7-10,15-17,19-20,26,29,32,49H,6,11-14,18,21-24,46H2,1-2H3/t26?,29-,32-,43?,44?/m0/s1. The van der Waals surface area contributed by atoms with Gasteiger partial charge in [0.15, 0.2) is 11.5 Å². The molecule has 2 bridgehead atoms. The average Bonchev–Trinajstić information content (AvgIpc) is 3.51. The zero-order valence-corrected chi connectivity index (χ0v) is 30.9. The highest BCUT2D eigenvalue weighted by atomic mass is 35.5. The molecule has 1 amide bonds. The van der Waals surface area contributed by atoms with Crippen LogP contribution in [0.5, 0.6) is 17.2 Å². The van der Waals surface area contributed by atoms with E-state index in [1.165, 1.54) is 11.1 Å². The van der Waals surface area contributed by atoms with E-state index in [0.717, 1.165) is 66.0 Å². The first kappa shape index (κ1) is 34.0. The maximum Gasteiger partial charge on any atom is 0.260 e. The van der Waals surface area contributed by atoms with Gasteiger partial charge in [-0.2, -0.15) is 0 Å². The van der Waals surface area contributed by atoms with Crippen LogP contribution in [0.25, 0.3) is 16.3 Å². The second-order valence-corrected chi connectivity index (χ2v) is 16.6. The van der Waals surface area contributed by atoms with Crippen LogP contribution in [-0.4, -0.2) is 53.5 Å². The fourth-order valence-electron chi connectivity index (χ4n) is 10.2. The molecule has 4 aromatic rings. The molecule has 0 saturated heterocycles. The number of carbonyl (C=O) groups excluding carboxylic acids is 2. The largest absolute Gasteiger partial charge is 0.507 e. The summed E-state index contributed by atoms with van der Waals surface area (Å²) in [4.78, 5) is 33.9. The molecular formula is C44H44ClN3O5. The van der Waals surface area contributed by atoms with Crippen molar-refractivity contribution < 1.29 is 24.2 Å². The zero-order chi connectivity index (χ0) is 36.6. The summed E-state index contributed by atoms with van der Waals surface area (Å²) in [5.74, 6) is 2.70. The number of phenolic OH excluding ortho intramolecular Hbond substituents is 1. The first-order chi connectivity index (χ1) is 25.6. The number of ether oxygens (including phenoxy) is 2. The number of alkyl halides is 1. The molecule has 1 unspecified atom stereocenters. The second-order valence-electron chi connectivity index (χ2n) is 16.2. The maximum atomic E-state index is 13.8. The Balaban J connectivity index is 0.825. The number of aryl methyl sites for hydroxylation is 1. The van der Waals surface area contributed by atoms with Gasteiger partial charge in [0, 0.05) is 59.1 Å². The fraction of sp³-hybridized carbons (Fsp3) is 0.386. The number of benzene rings is 4. The smallest absolute Gasteiger partial charge is 0.260 e. The quantitative estimate of drug-likeness (QED) is 0.125. The van der Waals surface area contributed by atoms with E-state index < -0.39 is 0 Å². The van der Waals surface area contributed by atoms with Gasteiger partial charge < -0.3 is 25.2 Å². The summed E-state index contributed by atoms with van der Waals surface area (Å²) in [6, 6.07) is 19.0. The SMILES string of the molecule is COc1cc2c(cc1OCC13CC(C(=O)CCC4Cc5cc(O)c6cccc(C)c6c5[C@H](CCl)C4)(C1)C3)N=C[C@@H]1CC(c3ccc(N)cc3)=CN1C2=O. The number of hydrogen-bond acceptors (Lipinski definition) is 7. The number of nitrogen functional groups attached to an aromatic ring is 1. The van der Waals surface area contributed by atoms with Crippen molar-refractivity contribution in [2.45, 2.75) is 70.3 Å². The minimum atomic E-state index is -0.229. The van der Waals surface area contributed by atoms with Crippen molar-refractivity contribution in [2.24, 2.45) is 21.7 Å². The van der Waals surface area contributed by atoms with Crippen molar-refractivity contribution in [3.63, 3.8) is 0 Å². The van der Waals surface area contributed by atoms with Crippen LogP contribution >= 0.6 is 11.6 Å².